The number of halogens is 1. The van der Waals surface area contributed by atoms with Crippen molar-refractivity contribution >= 4 is 34.0 Å². The van der Waals surface area contributed by atoms with E-state index in [1.165, 1.54) is 0 Å². The number of methoxy groups -OCH3 is 1. The molecular formula is C12H12ClN3O. The number of alkyl halides is 1. The Labute approximate surface area is 104 Å². The van der Waals surface area contributed by atoms with E-state index in [4.69, 9.17) is 22.1 Å². The molecule has 17 heavy (non-hydrogen) atoms. The number of amidine groups is 1. The van der Waals surface area contributed by atoms with Crippen LogP contribution in [-0.4, -0.2) is 23.8 Å². The topological polar surface area (TPSA) is 60.5 Å². The Morgan fingerprint density at radius 3 is 3.06 bits per heavy atom. The first kappa shape index (κ1) is 11.7. The minimum Gasteiger partial charge on any atom is -0.495 e. The number of nitrogens with zero attached hydrogens (tertiary/aromatic N) is 2. The predicted molar refractivity (Wildman–Crippen MR) is 70.3 cm³/mol. The third-order valence-corrected chi connectivity index (χ3v) is 2.58. The Morgan fingerprint density at radius 1 is 1.53 bits per heavy atom. The van der Waals surface area contributed by atoms with Crippen LogP contribution in [0.3, 0.4) is 0 Å². The molecule has 0 aliphatic heterocycles. The van der Waals surface area contributed by atoms with Crippen LogP contribution >= 0.6 is 11.6 Å². The van der Waals surface area contributed by atoms with E-state index in [2.05, 4.69) is 9.98 Å². The molecule has 0 radical (unpaired) electrons. The molecule has 0 amide bonds. The molecule has 0 spiro atoms. The van der Waals surface area contributed by atoms with Crippen molar-refractivity contribution in [1.29, 1.82) is 0 Å². The minimum absolute atomic E-state index is 0.201. The molecule has 1 aromatic heterocycles. The highest BCUT2D eigenvalue weighted by Crippen LogP contribution is 2.26. The lowest BCUT2D eigenvalue weighted by Crippen LogP contribution is -2.12. The molecule has 1 aromatic carbocycles. The molecule has 2 aromatic rings. The Hall–Kier alpha value is -1.81. The molecular weight excluding hydrogens is 238 g/mol. The van der Waals surface area contributed by atoms with Crippen LogP contribution in [0.25, 0.3) is 10.9 Å². The zero-order valence-electron chi connectivity index (χ0n) is 9.35. The summed E-state index contributed by atoms with van der Waals surface area (Å²) in [5.41, 5.74) is 7.11. The van der Waals surface area contributed by atoms with Gasteiger partial charge >= 0.3 is 0 Å². The van der Waals surface area contributed by atoms with E-state index in [1.54, 1.807) is 13.3 Å². The fourth-order valence-corrected chi connectivity index (χ4v) is 1.57. The van der Waals surface area contributed by atoms with Gasteiger partial charge in [0.05, 0.1) is 30.4 Å². The number of rotatable bonds is 3. The molecule has 0 bridgehead atoms. The van der Waals surface area contributed by atoms with E-state index < -0.39 is 0 Å². The Bertz CT molecular complexity index is 569. The van der Waals surface area contributed by atoms with Crippen LogP contribution in [0.5, 0.6) is 5.75 Å². The Kier molecular flexibility index (Phi) is 3.44. The Balaban J connectivity index is 2.58. The van der Waals surface area contributed by atoms with Gasteiger partial charge < -0.3 is 10.5 Å². The lowest BCUT2D eigenvalue weighted by molar-refractivity contribution is 0.414. The average Bonchev–Trinajstić information content (AvgIpc) is 2.38. The smallest absolute Gasteiger partial charge is 0.137 e. The summed E-state index contributed by atoms with van der Waals surface area (Å²) < 4.78 is 5.12. The maximum absolute atomic E-state index is 5.62. The molecule has 0 fully saturated rings. The molecule has 0 atom stereocenters. The summed E-state index contributed by atoms with van der Waals surface area (Å²) in [6, 6.07) is 7.59. The molecule has 4 nitrogen and oxygen atoms in total. The monoisotopic (exact) mass is 249 g/mol. The number of hydrogen-bond acceptors (Lipinski definition) is 3. The summed E-state index contributed by atoms with van der Waals surface area (Å²) >= 11 is 5.60. The van der Waals surface area contributed by atoms with E-state index in [9.17, 15) is 0 Å². The van der Waals surface area contributed by atoms with Crippen LogP contribution in [0.15, 0.2) is 35.5 Å². The van der Waals surface area contributed by atoms with Gasteiger partial charge in [-0.2, -0.15) is 0 Å². The largest absolute Gasteiger partial charge is 0.495 e. The van der Waals surface area contributed by atoms with Crippen molar-refractivity contribution in [3.05, 3.63) is 30.5 Å². The molecule has 2 N–H and O–H groups in total. The SMILES string of the molecule is COc1cnc2c(N=C(N)CCl)cccc2c1. The average molecular weight is 250 g/mol. The van der Waals surface area contributed by atoms with Crippen molar-refractivity contribution in [2.45, 2.75) is 0 Å². The first-order valence-electron chi connectivity index (χ1n) is 5.06. The summed E-state index contributed by atoms with van der Waals surface area (Å²) in [5, 5.41) is 0.952. The predicted octanol–water partition coefficient (Wildman–Crippen LogP) is 2.47. The second kappa shape index (κ2) is 5.01. The van der Waals surface area contributed by atoms with Crippen LogP contribution in [0.4, 0.5) is 5.69 Å². The van der Waals surface area contributed by atoms with Gasteiger partial charge in [0.1, 0.15) is 11.6 Å². The van der Waals surface area contributed by atoms with E-state index in [-0.39, 0.29) is 5.88 Å². The first-order chi connectivity index (χ1) is 8.24. The third kappa shape index (κ3) is 2.47. The summed E-state index contributed by atoms with van der Waals surface area (Å²) in [6.07, 6.45) is 1.65. The molecule has 5 heteroatoms. The number of aromatic nitrogens is 1. The van der Waals surface area contributed by atoms with E-state index in [0.29, 0.717) is 17.3 Å². The van der Waals surface area contributed by atoms with Gasteiger partial charge in [-0.25, -0.2) is 4.99 Å². The first-order valence-corrected chi connectivity index (χ1v) is 5.60. The highest BCUT2D eigenvalue weighted by Gasteiger charge is 2.03. The number of benzene rings is 1. The van der Waals surface area contributed by atoms with Crippen LogP contribution in [-0.2, 0) is 0 Å². The quantitative estimate of drug-likeness (QED) is 0.516. The standard InChI is InChI=1S/C12H12ClN3O/c1-17-9-5-8-3-2-4-10(12(8)15-7-9)16-11(14)6-13/h2-5,7H,6H2,1H3,(H2,14,16). The van der Waals surface area contributed by atoms with Crippen LogP contribution in [0.2, 0.25) is 0 Å². The van der Waals surface area contributed by atoms with Crippen LogP contribution in [0.1, 0.15) is 0 Å². The second-order valence-electron chi connectivity index (χ2n) is 3.46. The van der Waals surface area contributed by atoms with Crippen LogP contribution < -0.4 is 10.5 Å². The Morgan fingerprint density at radius 2 is 2.35 bits per heavy atom. The molecule has 1 heterocycles. The van der Waals surface area contributed by atoms with Gasteiger partial charge in [0.2, 0.25) is 0 Å². The van der Waals surface area contributed by atoms with Crippen molar-refractivity contribution in [2.24, 2.45) is 10.7 Å². The summed E-state index contributed by atoms with van der Waals surface area (Å²) in [7, 11) is 1.61. The van der Waals surface area contributed by atoms with Gasteiger partial charge in [-0.15, -0.1) is 11.6 Å². The molecule has 0 aliphatic rings. The van der Waals surface area contributed by atoms with Gasteiger partial charge in [-0.3, -0.25) is 4.98 Å². The number of ether oxygens (including phenoxy) is 1. The maximum Gasteiger partial charge on any atom is 0.137 e. The van der Waals surface area contributed by atoms with Gasteiger partial charge in [0.15, 0.2) is 0 Å². The number of hydrogen-bond donors (Lipinski definition) is 1. The number of nitrogens with two attached hydrogens (primary N) is 1. The normalized spacial score (nSPS) is 11.8. The minimum atomic E-state index is 0.201. The van der Waals surface area contributed by atoms with E-state index >= 15 is 0 Å². The zero-order valence-corrected chi connectivity index (χ0v) is 10.1. The number of aliphatic imine (C=N–C) groups is 1. The molecule has 0 unspecified atom stereocenters. The number of pyridine rings is 1. The van der Waals surface area contributed by atoms with E-state index in [1.807, 2.05) is 24.3 Å². The zero-order chi connectivity index (χ0) is 12.3. The molecule has 0 aliphatic carbocycles. The van der Waals surface area contributed by atoms with Crippen molar-refractivity contribution in [3.63, 3.8) is 0 Å². The third-order valence-electron chi connectivity index (χ3n) is 2.30. The molecule has 2 rings (SSSR count). The van der Waals surface area contributed by atoms with Crippen molar-refractivity contribution < 1.29 is 4.74 Å². The van der Waals surface area contributed by atoms with Gasteiger partial charge in [0.25, 0.3) is 0 Å². The summed E-state index contributed by atoms with van der Waals surface area (Å²) in [4.78, 5) is 8.53. The van der Waals surface area contributed by atoms with Gasteiger partial charge in [0, 0.05) is 5.39 Å². The lowest BCUT2D eigenvalue weighted by atomic mass is 10.2. The molecule has 0 saturated heterocycles. The second-order valence-corrected chi connectivity index (χ2v) is 3.73. The molecule has 88 valence electrons. The highest BCUT2D eigenvalue weighted by molar-refractivity contribution is 6.28. The summed E-state index contributed by atoms with van der Waals surface area (Å²) in [6.45, 7) is 0. The fourth-order valence-electron chi connectivity index (χ4n) is 1.51. The van der Waals surface area contributed by atoms with E-state index in [0.717, 1.165) is 10.9 Å². The van der Waals surface area contributed by atoms with Gasteiger partial charge in [-0.05, 0) is 12.1 Å². The summed E-state index contributed by atoms with van der Waals surface area (Å²) in [5.74, 6) is 1.28. The highest BCUT2D eigenvalue weighted by atomic mass is 35.5. The van der Waals surface area contributed by atoms with Crippen molar-refractivity contribution in [3.8, 4) is 5.75 Å². The fraction of sp³-hybridized carbons (Fsp3) is 0.167. The van der Waals surface area contributed by atoms with Crippen LogP contribution in [0, 0.1) is 0 Å². The van der Waals surface area contributed by atoms with Crippen molar-refractivity contribution in [1.82, 2.24) is 4.98 Å². The van der Waals surface area contributed by atoms with Crippen molar-refractivity contribution in [2.75, 3.05) is 13.0 Å². The molecule has 0 saturated carbocycles. The van der Waals surface area contributed by atoms with Gasteiger partial charge in [-0.1, -0.05) is 12.1 Å². The maximum atomic E-state index is 5.62. The number of para-hydroxylation sites is 1. The number of fused-ring (bicyclic) bond motifs is 1. The lowest BCUT2D eigenvalue weighted by Gasteiger charge is -2.04.